The number of rotatable bonds is 13. The number of benzene rings is 1. The molecule has 0 radical (unpaired) electrons. The molecule has 0 N–H and O–H groups in total. The topological polar surface area (TPSA) is 18.5 Å². The normalized spacial score (nSPS) is 16.9. The highest BCUT2D eigenvalue weighted by Crippen LogP contribution is 2.36. The molecular weight excluding hydrogens is 379 g/mol. The van der Waals surface area contributed by atoms with Crippen LogP contribution >= 0.6 is 0 Å². The molecule has 1 aliphatic rings. The van der Waals surface area contributed by atoms with Crippen molar-refractivity contribution < 1.29 is 9.31 Å². The average Bonchev–Trinajstić information content (AvgIpc) is 2.94. The van der Waals surface area contributed by atoms with Crippen molar-refractivity contribution in [3.05, 3.63) is 35.4 Å². The minimum absolute atomic E-state index is 0.331. The van der Waals surface area contributed by atoms with E-state index < -0.39 is 7.12 Å². The summed E-state index contributed by atoms with van der Waals surface area (Å²) in [4.78, 5) is 0. The van der Waals surface area contributed by atoms with Gasteiger partial charge in [0, 0.05) is 5.56 Å². The zero-order valence-corrected chi connectivity index (χ0v) is 20.9. The summed E-state index contributed by atoms with van der Waals surface area (Å²) in [5.41, 5.74) is 1.77. The molecule has 1 heterocycles. The lowest BCUT2D eigenvalue weighted by Gasteiger charge is -2.32. The predicted octanol–water partition coefficient (Wildman–Crippen LogP) is 7.91. The molecule has 2 rings (SSSR count). The van der Waals surface area contributed by atoms with E-state index in [2.05, 4.69) is 70.6 Å². The zero-order chi connectivity index (χ0) is 22.6. The fourth-order valence-corrected chi connectivity index (χ4v) is 4.02. The Balaban J connectivity index is 1.60. The van der Waals surface area contributed by atoms with Crippen LogP contribution in [0.4, 0.5) is 0 Å². The molecule has 1 fully saturated rings. The van der Waals surface area contributed by atoms with Gasteiger partial charge in [-0.2, -0.15) is 0 Å². The van der Waals surface area contributed by atoms with Gasteiger partial charge in [0.25, 0.3) is 0 Å². The van der Waals surface area contributed by atoms with Crippen LogP contribution in [0.15, 0.2) is 24.3 Å². The highest BCUT2D eigenvalue weighted by molar-refractivity contribution is 6.55. The van der Waals surface area contributed by atoms with Crippen LogP contribution in [0, 0.1) is 11.7 Å². The molecule has 31 heavy (non-hydrogen) atoms. The summed E-state index contributed by atoms with van der Waals surface area (Å²) in [6.07, 6.45) is 17.9. The summed E-state index contributed by atoms with van der Waals surface area (Å²) in [5.74, 6) is 6.41. The highest BCUT2D eigenvalue weighted by Gasteiger charge is 2.50. The molecule has 0 aromatic heterocycles. The Morgan fingerprint density at radius 3 is 1.81 bits per heavy atom. The maximum absolute atomic E-state index is 5.97. The van der Waals surface area contributed by atoms with Gasteiger partial charge in [0.1, 0.15) is 0 Å². The van der Waals surface area contributed by atoms with Gasteiger partial charge < -0.3 is 9.31 Å². The molecule has 2 nitrogen and oxygen atoms in total. The van der Waals surface area contributed by atoms with Crippen LogP contribution in [0.3, 0.4) is 0 Å². The van der Waals surface area contributed by atoms with Crippen molar-refractivity contribution in [2.45, 2.75) is 129 Å². The minimum Gasteiger partial charge on any atom is -0.392 e. The maximum atomic E-state index is 5.97. The fraction of sp³-hybridized carbons (Fsp3) is 0.714. The molecule has 0 aliphatic carbocycles. The first kappa shape index (κ1) is 26.0. The number of hydrogen-bond donors (Lipinski definition) is 0. The van der Waals surface area contributed by atoms with Gasteiger partial charge in [-0.1, -0.05) is 101 Å². The van der Waals surface area contributed by atoms with Gasteiger partial charge in [-0.3, -0.25) is 0 Å². The highest BCUT2D eigenvalue weighted by atomic mass is 16.7. The molecule has 0 unspecified atom stereocenters. The van der Waals surface area contributed by atoms with Gasteiger partial charge >= 0.3 is 7.12 Å². The quantitative estimate of drug-likeness (QED) is 0.182. The van der Waals surface area contributed by atoms with Crippen LogP contribution in [0.1, 0.15) is 123 Å². The third kappa shape index (κ3) is 9.42. The van der Waals surface area contributed by atoms with E-state index in [1.54, 1.807) is 0 Å². The van der Waals surface area contributed by atoms with Crippen molar-refractivity contribution in [1.29, 1.82) is 0 Å². The largest absolute Gasteiger partial charge is 0.551 e. The number of hydrogen-bond acceptors (Lipinski definition) is 2. The Bertz CT molecular complexity index is 682. The molecule has 0 atom stereocenters. The third-order valence-corrected chi connectivity index (χ3v) is 6.83. The second kappa shape index (κ2) is 13.3. The van der Waals surface area contributed by atoms with E-state index in [9.17, 15) is 0 Å². The lowest BCUT2D eigenvalue weighted by Crippen LogP contribution is -2.41. The predicted molar refractivity (Wildman–Crippen MR) is 134 cm³/mol. The lowest BCUT2D eigenvalue weighted by molar-refractivity contribution is 0.00578. The van der Waals surface area contributed by atoms with Crippen LogP contribution in [0.25, 0.3) is 0 Å². The molecule has 172 valence electrons. The maximum Gasteiger partial charge on any atom is 0.551 e. The van der Waals surface area contributed by atoms with Crippen molar-refractivity contribution >= 4 is 7.12 Å². The van der Waals surface area contributed by atoms with Gasteiger partial charge in [0.15, 0.2) is 0 Å². The van der Waals surface area contributed by atoms with Gasteiger partial charge in [0.2, 0.25) is 0 Å². The Morgan fingerprint density at radius 2 is 1.26 bits per heavy atom. The van der Waals surface area contributed by atoms with Crippen molar-refractivity contribution in [3.63, 3.8) is 0 Å². The van der Waals surface area contributed by atoms with Gasteiger partial charge in [-0.15, -0.1) is 0 Å². The molecule has 0 spiro atoms. The van der Waals surface area contributed by atoms with Gasteiger partial charge in [-0.05, 0) is 58.2 Å². The van der Waals surface area contributed by atoms with E-state index in [0.29, 0.717) is 0 Å². The van der Waals surface area contributed by atoms with E-state index in [4.69, 9.17) is 9.31 Å². The number of unbranched alkanes of at least 4 members (excludes halogenated alkanes) is 11. The van der Waals surface area contributed by atoms with E-state index >= 15 is 0 Å². The van der Waals surface area contributed by atoms with E-state index in [-0.39, 0.29) is 11.2 Å². The smallest absolute Gasteiger partial charge is 0.392 e. The molecule has 1 aliphatic heterocycles. The van der Waals surface area contributed by atoms with Crippen LogP contribution < -0.4 is 0 Å². The first-order valence-corrected chi connectivity index (χ1v) is 12.8. The second-order valence-electron chi connectivity index (χ2n) is 10.2. The molecular formula is C28H45BO2. The SMILES string of the molecule is CCCCCCCCCCCCCCc1cccc(C#CB2OC(C)(C)C(C)(C)O2)c1. The van der Waals surface area contributed by atoms with E-state index in [0.717, 1.165) is 12.0 Å². The van der Waals surface area contributed by atoms with Crippen LogP contribution in [-0.2, 0) is 15.7 Å². The van der Waals surface area contributed by atoms with Crippen molar-refractivity contribution in [1.82, 2.24) is 0 Å². The molecule has 0 saturated carbocycles. The molecule has 0 amide bonds. The lowest BCUT2D eigenvalue weighted by atomic mass is 9.90. The molecule has 0 bridgehead atoms. The van der Waals surface area contributed by atoms with Crippen LogP contribution in [0.5, 0.6) is 0 Å². The van der Waals surface area contributed by atoms with Gasteiger partial charge in [0.05, 0.1) is 11.2 Å². The monoisotopic (exact) mass is 424 g/mol. The third-order valence-electron chi connectivity index (χ3n) is 6.83. The van der Waals surface area contributed by atoms with E-state index in [1.807, 2.05) is 0 Å². The molecule has 1 aromatic rings. The minimum atomic E-state index is -0.454. The van der Waals surface area contributed by atoms with Crippen molar-refractivity contribution in [2.75, 3.05) is 0 Å². The van der Waals surface area contributed by atoms with E-state index in [1.165, 1.54) is 82.6 Å². The van der Waals surface area contributed by atoms with Crippen molar-refractivity contribution in [2.24, 2.45) is 0 Å². The summed E-state index contributed by atoms with van der Waals surface area (Å²) in [6.45, 7) is 10.5. The second-order valence-corrected chi connectivity index (χ2v) is 10.2. The van der Waals surface area contributed by atoms with Crippen LogP contribution in [0.2, 0.25) is 0 Å². The van der Waals surface area contributed by atoms with Crippen LogP contribution in [-0.4, -0.2) is 18.3 Å². The Kier molecular flexibility index (Phi) is 11.2. The molecule has 3 heteroatoms. The Morgan fingerprint density at radius 1 is 0.742 bits per heavy atom. The Hall–Kier alpha value is -1.24. The Labute approximate surface area is 193 Å². The first-order chi connectivity index (χ1) is 14.8. The van der Waals surface area contributed by atoms with Crippen molar-refractivity contribution in [3.8, 4) is 11.7 Å². The van der Waals surface area contributed by atoms with Gasteiger partial charge in [-0.25, -0.2) is 0 Å². The summed E-state index contributed by atoms with van der Waals surface area (Å²) >= 11 is 0. The fourth-order valence-electron chi connectivity index (χ4n) is 4.02. The summed E-state index contributed by atoms with van der Waals surface area (Å²) in [7, 11) is -0.454. The average molecular weight is 424 g/mol. The first-order valence-electron chi connectivity index (χ1n) is 12.8. The zero-order valence-electron chi connectivity index (χ0n) is 20.9. The summed E-state index contributed by atoms with van der Waals surface area (Å²) in [5, 5.41) is 0. The summed E-state index contributed by atoms with van der Waals surface area (Å²) in [6, 6.07) is 8.63. The number of aryl methyl sites for hydroxylation is 1. The summed E-state index contributed by atoms with van der Waals surface area (Å²) < 4.78 is 11.9. The molecule has 1 saturated heterocycles. The standard InChI is InChI=1S/C28H45BO2/c1-6-7-8-9-10-11-12-13-14-15-16-17-19-25-20-18-21-26(24-25)22-23-29-30-27(2,3)28(4,5)31-29/h18,20-21,24H,6-17,19H2,1-5H3. The molecule has 1 aromatic carbocycles.